The molecule has 0 spiro atoms. The van der Waals surface area contributed by atoms with E-state index in [0.29, 0.717) is 6.04 Å². The van der Waals surface area contributed by atoms with E-state index in [1.165, 1.54) is 36.9 Å². The summed E-state index contributed by atoms with van der Waals surface area (Å²) in [6, 6.07) is 19.9. The largest absolute Gasteiger partial charge is 0.370 e. The van der Waals surface area contributed by atoms with Crippen molar-refractivity contribution in [2.45, 2.75) is 97.7 Å². The zero-order valence-electron chi connectivity index (χ0n) is 28.3. The average Bonchev–Trinajstić information content (AvgIpc) is 3.36. The van der Waals surface area contributed by atoms with Gasteiger partial charge in [-0.1, -0.05) is 69.2 Å². The molecular weight excluding hydrogens is 572 g/mol. The first-order valence-corrected chi connectivity index (χ1v) is 16.7. The zero-order chi connectivity index (χ0) is 33.0. The lowest BCUT2D eigenvalue weighted by Gasteiger charge is -2.33. The number of carbonyl (C=O) groups excluding carboxylic acids is 2. The number of nitrogens with two attached hydrogens (primary N) is 1. The second-order valence-corrected chi connectivity index (χ2v) is 14.0. The number of carbonyl (C=O) groups is 2. The summed E-state index contributed by atoms with van der Waals surface area (Å²) in [6.07, 6.45) is 4.86. The first-order chi connectivity index (χ1) is 21.9. The number of hydrogen-bond acceptors (Lipinski definition) is 4. The van der Waals surface area contributed by atoms with Gasteiger partial charge in [0.2, 0.25) is 5.91 Å². The standard InChI is InChI=1S/C38H50N6O2/c1-25-15-16-26(2)29(22-25)36-40-33-23-28(17-18-34(33)44(36)21-11-20-43-19-10-9-12-27(43)3)32(24-35(39)45)42-37(46)41-31-14-8-7-13-30(31)38(4,5)6/h7-8,13-18,22-23,27,32H,9-12,19-21,24H2,1-6H3,(H2,39,45)(H2,41,42,46). The van der Waals surface area contributed by atoms with E-state index in [4.69, 9.17) is 10.7 Å². The van der Waals surface area contributed by atoms with Crippen LogP contribution in [-0.2, 0) is 16.8 Å². The number of nitrogens with one attached hydrogen (secondary N) is 2. The second kappa shape index (κ2) is 14.1. The molecule has 8 nitrogen and oxygen atoms in total. The molecule has 3 aromatic carbocycles. The molecule has 5 rings (SSSR count). The Morgan fingerprint density at radius 3 is 2.54 bits per heavy atom. The van der Waals surface area contributed by atoms with Gasteiger partial charge in [-0.05, 0) is 92.9 Å². The number of fused-ring (bicyclic) bond motifs is 1. The summed E-state index contributed by atoms with van der Waals surface area (Å²) < 4.78 is 2.34. The third-order valence-corrected chi connectivity index (χ3v) is 9.27. The molecule has 2 atom stereocenters. The van der Waals surface area contributed by atoms with Gasteiger partial charge in [0.05, 0.1) is 23.5 Å². The molecule has 1 aliphatic heterocycles. The fraction of sp³-hybridized carbons (Fsp3) is 0.447. The van der Waals surface area contributed by atoms with Crippen LogP contribution < -0.4 is 16.4 Å². The quantitative estimate of drug-likeness (QED) is 0.169. The van der Waals surface area contributed by atoms with E-state index in [1.54, 1.807) is 0 Å². The summed E-state index contributed by atoms with van der Waals surface area (Å²) in [5, 5.41) is 6.01. The molecule has 244 valence electrons. The Labute approximate surface area is 273 Å². The van der Waals surface area contributed by atoms with Crippen LogP contribution in [0.25, 0.3) is 22.4 Å². The van der Waals surface area contributed by atoms with Gasteiger partial charge in [-0.15, -0.1) is 0 Å². The number of rotatable bonds is 10. The minimum atomic E-state index is -0.612. The second-order valence-electron chi connectivity index (χ2n) is 14.0. The summed E-state index contributed by atoms with van der Waals surface area (Å²) >= 11 is 0. The van der Waals surface area contributed by atoms with Gasteiger partial charge in [0, 0.05) is 30.4 Å². The van der Waals surface area contributed by atoms with Gasteiger partial charge in [-0.2, -0.15) is 0 Å². The van der Waals surface area contributed by atoms with Crippen LogP contribution in [0.3, 0.4) is 0 Å². The highest BCUT2D eigenvalue weighted by Gasteiger charge is 2.23. The minimum absolute atomic E-state index is 0.0293. The van der Waals surface area contributed by atoms with Gasteiger partial charge in [-0.3, -0.25) is 4.79 Å². The molecular formula is C38H50N6O2. The number of aryl methyl sites for hydroxylation is 3. The summed E-state index contributed by atoms with van der Waals surface area (Å²) in [7, 11) is 0. The van der Waals surface area contributed by atoms with Crippen molar-refractivity contribution in [3.05, 3.63) is 82.9 Å². The van der Waals surface area contributed by atoms with Crippen molar-refractivity contribution < 1.29 is 9.59 Å². The topological polar surface area (TPSA) is 105 Å². The summed E-state index contributed by atoms with van der Waals surface area (Å²) in [5.74, 6) is 0.449. The molecule has 0 saturated carbocycles. The van der Waals surface area contributed by atoms with Gasteiger partial charge in [0.25, 0.3) is 0 Å². The molecule has 3 amide bonds. The first kappa shape index (κ1) is 33.2. The molecule has 1 aromatic heterocycles. The highest BCUT2D eigenvalue weighted by atomic mass is 16.2. The van der Waals surface area contributed by atoms with E-state index >= 15 is 0 Å². The van der Waals surface area contributed by atoms with E-state index in [1.807, 2.05) is 36.4 Å². The maximum Gasteiger partial charge on any atom is 0.319 e. The Morgan fingerprint density at radius 2 is 1.80 bits per heavy atom. The number of aromatic nitrogens is 2. The van der Waals surface area contributed by atoms with Gasteiger partial charge in [0.15, 0.2) is 0 Å². The Morgan fingerprint density at radius 1 is 1.02 bits per heavy atom. The van der Waals surface area contributed by atoms with Gasteiger partial charge >= 0.3 is 6.03 Å². The van der Waals surface area contributed by atoms with Crippen molar-refractivity contribution in [1.82, 2.24) is 19.8 Å². The van der Waals surface area contributed by atoms with Crippen molar-refractivity contribution in [2.24, 2.45) is 5.73 Å². The highest BCUT2D eigenvalue weighted by Crippen LogP contribution is 2.32. The number of amides is 3. The van der Waals surface area contributed by atoms with Gasteiger partial charge in [0.1, 0.15) is 5.82 Å². The monoisotopic (exact) mass is 622 g/mol. The number of benzene rings is 3. The van der Waals surface area contributed by atoms with E-state index in [2.05, 4.69) is 85.9 Å². The Kier molecular flexibility index (Phi) is 10.2. The van der Waals surface area contributed by atoms with Crippen molar-refractivity contribution in [3.8, 4) is 11.4 Å². The molecule has 46 heavy (non-hydrogen) atoms. The van der Waals surface area contributed by atoms with Gasteiger partial charge in [-0.25, -0.2) is 9.78 Å². The average molecular weight is 623 g/mol. The van der Waals surface area contributed by atoms with Crippen molar-refractivity contribution in [2.75, 3.05) is 18.4 Å². The number of para-hydroxylation sites is 1. The highest BCUT2D eigenvalue weighted by molar-refractivity contribution is 5.91. The Bertz CT molecular complexity index is 1700. The predicted octanol–water partition coefficient (Wildman–Crippen LogP) is 7.62. The van der Waals surface area contributed by atoms with Crippen LogP contribution in [0.4, 0.5) is 10.5 Å². The molecule has 4 N–H and O–H groups in total. The molecule has 0 radical (unpaired) electrons. The number of imidazole rings is 1. The van der Waals surface area contributed by atoms with Crippen molar-refractivity contribution in [1.29, 1.82) is 0 Å². The van der Waals surface area contributed by atoms with Crippen molar-refractivity contribution in [3.63, 3.8) is 0 Å². The molecule has 1 aliphatic rings. The van der Waals surface area contributed by atoms with Crippen LogP contribution >= 0.6 is 0 Å². The lowest BCUT2D eigenvalue weighted by Crippen LogP contribution is -2.38. The fourth-order valence-corrected chi connectivity index (χ4v) is 6.71. The Hall–Kier alpha value is -4.17. The lowest BCUT2D eigenvalue weighted by atomic mass is 9.86. The van der Waals surface area contributed by atoms with Crippen LogP contribution in [-0.4, -0.2) is 45.5 Å². The first-order valence-electron chi connectivity index (χ1n) is 16.7. The number of urea groups is 1. The van der Waals surface area contributed by atoms with Crippen LogP contribution in [0, 0.1) is 13.8 Å². The molecule has 2 heterocycles. The number of nitrogens with zero attached hydrogens (tertiary/aromatic N) is 3. The number of likely N-dealkylation sites (tertiary alicyclic amines) is 1. The van der Waals surface area contributed by atoms with E-state index in [9.17, 15) is 9.59 Å². The van der Waals surface area contributed by atoms with E-state index in [-0.39, 0.29) is 11.8 Å². The number of piperidine rings is 1. The summed E-state index contributed by atoms with van der Waals surface area (Å²) in [4.78, 5) is 33.3. The number of primary amides is 1. The van der Waals surface area contributed by atoms with Gasteiger partial charge < -0.3 is 25.8 Å². The third kappa shape index (κ3) is 7.79. The smallest absolute Gasteiger partial charge is 0.319 e. The van der Waals surface area contributed by atoms with Crippen LogP contribution in [0.15, 0.2) is 60.7 Å². The maximum absolute atomic E-state index is 13.3. The molecule has 1 fully saturated rings. The van der Waals surface area contributed by atoms with E-state index < -0.39 is 18.0 Å². The van der Waals surface area contributed by atoms with Crippen LogP contribution in [0.5, 0.6) is 0 Å². The lowest BCUT2D eigenvalue weighted by molar-refractivity contribution is -0.118. The normalized spacial score (nSPS) is 16.3. The van der Waals surface area contributed by atoms with Crippen LogP contribution in [0.2, 0.25) is 0 Å². The third-order valence-electron chi connectivity index (χ3n) is 9.27. The molecule has 1 saturated heterocycles. The van der Waals surface area contributed by atoms with E-state index in [0.717, 1.165) is 58.7 Å². The maximum atomic E-state index is 13.3. The molecule has 4 aromatic rings. The number of hydrogen-bond donors (Lipinski definition) is 3. The SMILES string of the molecule is Cc1ccc(C)c(-c2nc3cc(C(CC(N)=O)NC(=O)Nc4ccccc4C(C)(C)C)ccc3n2CCCN2CCCCC2C)c1. The molecule has 0 aliphatic carbocycles. The summed E-state index contributed by atoms with van der Waals surface area (Å²) in [5.41, 5.74) is 13.4. The minimum Gasteiger partial charge on any atom is -0.370 e. The Balaban J connectivity index is 1.45. The zero-order valence-corrected chi connectivity index (χ0v) is 28.3. The fourth-order valence-electron chi connectivity index (χ4n) is 6.71. The molecule has 2 unspecified atom stereocenters. The number of anilines is 1. The molecule has 8 heteroatoms. The van der Waals surface area contributed by atoms with Crippen molar-refractivity contribution >= 4 is 28.7 Å². The summed E-state index contributed by atoms with van der Waals surface area (Å²) in [6.45, 7) is 16.0. The predicted molar refractivity (Wildman–Crippen MR) is 188 cm³/mol. The molecule has 0 bridgehead atoms. The van der Waals surface area contributed by atoms with Crippen LogP contribution in [0.1, 0.15) is 88.1 Å².